The van der Waals surface area contributed by atoms with Crippen LogP contribution < -0.4 is 5.32 Å². The van der Waals surface area contributed by atoms with Crippen LogP contribution in [0.2, 0.25) is 0 Å². The molecule has 1 saturated carbocycles. The van der Waals surface area contributed by atoms with Gasteiger partial charge in [0.15, 0.2) is 5.16 Å². The van der Waals surface area contributed by atoms with Gasteiger partial charge in [-0.05, 0) is 51.2 Å². The van der Waals surface area contributed by atoms with Crippen molar-refractivity contribution < 1.29 is 37.5 Å². The Labute approximate surface area is 206 Å². The quantitative estimate of drug-likeness (QED) is 0.300. The summed E-state index contributed by atoms with van der Waals surface area (Å²) in [6.45, 7) is 13.3. The molecule has 0 bridgehead atoms. The molecule has 1 aromatic rings. The molecule has 0 atom stereocenters. The van der Waals surface area contributed by atoms with Gasteiger partial charge in [0.2, 0.25) is 0 Å². The molecular weight excluding hydrogens is 450 g/mol. The number of unbranched alkanes of at least 4 members (excludes halogenated alkanes) is 3. The molecular formula is C25H43NOPY+. The summed E-state index contributed by atoms with van der Waals surface area (Å²) in [6.07, 6.45) is 13.8. The first kappa shape index (κ1) is 27.3. The molecule has 1 fully saturated rings. The zero-order valence-electron chi connectivity index (χ0n) is 19.9. The number of nitrogens with one attached hydrogen (secondary N) is 1. The fraction of sp³-hybridized carbons (Fsp3) is 0.720. The van der Waals surface area contributed by atoms with Crippen LogP contribution in [0.1, 0.15) is 88.8 Å². The number of benzene rings is 1. The minimum atomic E-state index is -1.28. The van der Waals surface area contributed by atoms with Gasteiger partial charge in [-0.3, -0.25) is 4.79 Å². The monoisotopic (exact) mass is 493 g/mol. The first-order valence-corrected chi connectivity index (χ1v) is 14.0. The van der Waals surface area contributed by atoms with Crippen molar-refractivity contribution in [2.75, 3.05) is 23.8 Å². The molecule has 0 aliphatic heterocycles. The Bertz CT molecular complexity index is 624. The molecule has 2 nitrogen and oxygen atoms in total. The summed E-state index contributed by atoms with van der Waals surface area (Å²) in [5.74, 6) is 0.346. The second kappa shape index (κ2) is 12.3. The summed E-state index contributed by atoms with van der Waals surface area (Å²) in [7, 11) is -1.28. The van der Waals surface area contributed by atoms with E-state index in [9.17, 15) is 4.79 Å². The molecule has 1 aliphatic rings. The summed E-state index contributed by atoms with van der Waals surface area (Å²) in [5, 5.41) is 3.40. The van der Waals surface area contributed by atoms with Crippen LogP contribution in [-0.2, 0) is 37.5 Å². The molecule has 0 spiro atoms. The van der Waals surface area contributed by atoms with E-state index < -0.39 is 7.26 Å². The summed E-state index contributed by atoms with van der Waals surface area (Å²) in [6, 6.07) is 4.38. The van der Waals surface area contributed by atoms with E-state index in [1.807, 2.05) is 0 Å². The Hall–Kier alpha value is 0.224. The van der Waals surface area contributed by atoms with Crippen LogP contribution in [-0.4, -0.2) is 29.5 Å². The van der Waals surface area contributed by atoms with E-state index in [4.69, 9.17) is 0 Å². The van der Waals surface area contributed by atoms with Crippen molar-refractivity contribution in [3.8, 4) is 0 Å². The molecule has 29 heavy (non-hydrogen) atoms. The predicted octanol–water partition coefficient (Wildman–Crippen LogP) is 7.50. The molecule has 1 N–H and O–H groups in total. The molecule has 0 unspecified atom stereocenters. The van der Waals surface area contributed by atoms with Crippen LogP contribution >= 0.6 is 7.26 Å². The zero-order valence-corrected chi connectivity index (χ0v) is 23.6. The third-order valence-electron chi connectivity index (χ3n) is 6.79. The Morgan fingerprint density at radius 2 is 1.31 bits per heavy atom. The molecule has 0 saturated heterocycles. The second-order valence-corrected chi connectivity index (χ2v) is 13.6. The number of aryl methyl sites for hydroxylation is 3. The van der Waals surface area contributed by atoms with Gasteiger partial charge in [-0.1, -0.05) is 57.7 Å². The third-order valence-corrected chi connectivity index (χ3v) is 12.8. The Morgan fingerprint density at radius 3 is 1.66 bits per heavy atom. The van der Waals surface area contributed by atoms with Crippen LogP contribution in [0.3, 0.4) is 0 Å². The van der Waals surface area contributed by atoms with Gasteiger partial charge < -0.3 is 5.32 Å². The summed E-state index contributed by atoms with van der Waals surface area (Å²) in [5.41, 5.74) is 4.72. The maximum absolute atomic E-state index is 13.7. The Kier molecular flexibility index (Phi) is 11.6. The number of carbonyl (C=O) groups is 1. The standard InChI is InChI=1S/C25H42NOP.Y/c1-7-10-15-28(16-11-8-2,17-12-9-3)25(13-14-25)24(27)26-23-21(5)18-20(4)19-22(23)6;/h18-19H,7-17H2,1-6H3;/p+1. The minimum Gasteiger partial charge on any atom is -0.322 e. The fourth-order valence-electron chi connectivity index (χ4n) is 5.00. The van der Waals surface area contributed by atoms with Crippen molar-refractivity contribution in [2.45, 2.75) is 98.1 Å². The molecule has 1 aliphatic carbocycles. The van der Waals surface area contributed by atoms with E-state index in [0.717, 1.165) is 18.5 Å². The zero-order chi connectivity index (χ0) is 20.8. The van der Waals surface area contributed by atoms with Gasteiger partial charge in [-0.15, -0.1) is 0 Å². The summed E-state index contributed by atoms with van der Waals surface area (Å²) >= 11 is 0. The number of hydrogen-bond donors (Lipinski definition) is 1. The smallest absolute Gasteiger partial charge is 0.268 e. The maximum atomic E-state index is 13.7. The minimum absolute atomic E-state index is 0. The van der Waals surface area contributed by atoms with E-state index in [0.29, 0.717) is 5.91 Å². The second-order valence-electron chi connectivity index (χ2n) is 9.14. The van der Waals surface area contributed by atoms with Gasteiger partial charge in [0.1, 0.15) is 0 Å². The van der Waals surface area contributed by atoms with E-state index in [1.165, 1.54) is 73.7 Å². The van der Waals surface area contributed by atoms with Gasteiger partial charge in [0.05, 0.1) is 18.5 Å². The van der Waals surface area contributed by atoms with E-state index in [-0.39, 0.29) is 37.9 Å². The number of amides is 1. The molecule has 1 aromatic carbocycles. The Morgan fingerprint density at radius 1 is 0.897 bits per heavy atom. The van der Waals surface area contributed by atoms with Crippen LogP contribution in [0.15, 0.2) is 12.1 Å². The average molecular weight is 494 g/mol. The first-order valence-electron chi connectivity index (χ1n) is 11.6. The molecule has 0 heterocycles. The SMILES string of the molecule is CCCC[P+](CCCC)(CCCC)C1(C(=O)Nc2c(C)cc(C)cc2C)CC1.[Y]. The molecule has 2 rings (SSSR count). The van der Waals surface area contributed by atoms with Crippen LogP contribution in [0.4, 0.5) is 5.69 Å². The van der Waals surface area contributed by atoms with Gasteiger partial charge in [0.25, 0.3) is 5.91 Å². The summed E-state index contributed by atoms with van der Waals surface area (Å²) in [4.78, 5) is 13.7. The van der Waals surface area contributed by atoms with Gasteiger partial charge >= 0.3 is 0 Å². The normalized spacial score (nSPS) is 15.0. The predicted molar refractivity (Wildman–Crippen MR) is 127 cm³/mol. The van der Waals surface area contributed by atoms with E-state index in [1.54, 1.807) is 0 Å². The van der Waals surface area contributed by atoms with Crippen LogP contribution in [0.25, 0.3) is 0 Å². The maximum Gasteiger partial charge on any atom is 0.268 e. The van der Waals surface area contributed by atoms with Crippen molar-refractivity contribution in [1.82, 2.24) is 0 Å². The number of carbonyl (C=O) groups excluding carboxylic acids is 1. The number of rotatable bonds is 12. The van der Waals surface area contributed by atoms with E-state index in [2.05, 4.69) is 59.0 Å². The van der Waals surface area contributed by atoms with Crippen molar-refractivity contribution >= 4 is 18.9 Å². The summed E-state index contributed by atoms with van der Waals surface area (Å²) < 4.78 is 0. The number of hydrogen-bond acceptors (Lipinski definition) is 1. The first-order chi connectivity index (χ1) is 13.4. The topological polar surface area (TPSA) is 29.1 Å². The largest absolute Gasteiger partial charge is 0.322 e. The fourth-order valence-corrected chi connectivity index (χ4v) is 11.3. The third kappa shape index (κ3) is 6.36. The van der Waals surface area contributed by atoms with Crippen molar-refractivity contribution in [2.24, 2.45) is 0 Å². The van der Waals surface area contributed by atoms with Crippen molar-refractivity contribution in [1.29, 1.82) is 0 Å². The van der Waals surface area contributed by atoms with Gasteiger partial charge in [0, 0.05) is 58.5 Å². The molecule has 1 amide bonds. The molecule has 0 aromatic heterocycles. The number of anilines is 1. The van der Waals surface area contributed by atoms with Crippen molar-refractivity contribution in [3.05, 3.63) is 28.8 Å². The molecule has 161 valence electrons. The van der Waals surface area contributed by atoms with Crippen LogP contribution in [0.5, 0.6) is 0 Å². The van der Waals surface area contributed by atoms with Gasteiger partial charge in [-0.25, -0.2) is 0 Å². The van der Waals surface area contributed by atoms with Crippen molar-refractivity contribution in [3.63, 3.8) is 0 Å². The molecule has 1 radical (unpaired) electrons. The average Bonchev–Trinajstić information content (AvgIpc) is 3.46. The van der Waals surface area contributed by atoms with E-state index >= 15 is 0 Å². The van der Waals surface area contributed by atoms with Gasteiger partial charge in [-0.2, -0.15) is 0 Å². The van der Waals surface area contributed by atoms with Crippen LogP contribution in [0, 0.1) is 20.8 Å². The molecule has 4 heteroatoms. The Balaban J connectivity index is 0.00000420.